The molecule has 6 heteroatoms. The van der Waals surface area contributed by atoms with Crippen LogP contribution >= 0.6 is 0 Å². The van der Waals surface area contributed by atoms with E-state index in [-0.39, 0.29) is 18.5 Å². The molecule has 67 heavy (non-hydrogen) atoms. The molecular formula is C61H117NO5. The van der Waals surface area contributed by atoms with Gasteiger partial charge in [-0.25, -0.2) is 0 Å². The average molecular weight is 945 g/mol. The molecule has 0 saturated carbocycles. The van der Waals surface area contributed by atoms with Gasteiger partial charge >= 0.3 is 5.97 Å². The summed E-state index contributed by atoms with van der Waals surface area (Å²) in [5, 5.41) is 23.1. The lowest BCUT2D eigenvalue weighted by Gasteiger charge is -2.19. The second-order valence-electron chi connectivity index (χ2n) is 20.7. The number of ether oxygens (including phenoxy) is 1. The molecule has 0 bridgehead atoms. The number of nitrogens with one attached hydrogen (secondary N) is 1. The van der Waals surface area contributed by atoms with Crippen molar-refractivity contribution in [1.29, 1.82) is 0 Å². The van der Waals surface area contributed by atoms with Crippen molar-refractivity contribution in [2.75, 3.05) is 13.2 Å². The molecule has 2 atom stereocenters. The standard InChI is InChI=1S/C61H117NO5/c1-3-5-7-9-11-13-15-17-19-21-23-24-25-26-27-28-30-32-34-37-41-45-49-53-59(64)58(57-63)62-60(65)54-50-46-42-38-36-40-44-48-52-56-67-61(66)55-51-47-43-39-35-33-31-29-22-20-18-16-14-12-10-8-6-4-2/h38,42,49,53,58-59,63-64H,3-37,39-41,43-48,50-52,54-57H2,1-2H3,(H,62,65)/b42-38-,53-49+. The Morgan fingerprint density at radius 1 is 0.403 bits per heavy atom. The van der Waals surface area contributed by atoms with Gasteiger partial charge in [0.05, 0.1) is 25.4 Å². The minimum atomic E-state index is -0.876. The quantitative estimate of drug-likeness (QED) is 0.0321. The molecule has 6 nitrogen and oxygen atoms in total. The predicted molar refractivity (Wildman–Crippen MR) is 292 cm³/mol. The van der Waals surface area contributed by atoms with Gasteiger partial charge in [-0.05, 0) is 51.4 Å². The molecule has 0 aliphatic heterocycles. The summed E-state index contributed by atoms with van der Waals surface area (Å²) >= 11 is 0. The zero-order chi connectivity index (χ0) is 48.6. The number of carbonyl (C=O) groups excluding carboxylic acids is 2. The van der Waals surface area contributed by atoms with Crippen LogP contribution in [0.3, 0.4) is 0 Å². The van der Waals surface area contributed by atoms with Gasteiger partial charge in [0.15, 0.2) is 0 Å². The van der Waals surface area contributed by atoms with Crippen LogP contribution in [0.5, 0.6) is 0 Å². The number of unbranched alkanes of at least 4 members (excludes halogenated alkanes) is 43. The number of amides is 1. The van der Waals surface area contributed by atoms with Crippen LogP contribution in [0.1, 0.15) is 328 Å². The number of hydrogen-bond donors (Lipinski definition) is 3. The van der Waals surface area contributed by atoms with Crippen LogP contribution in [0.25, 0.3) is 0 Å². The Bertz CT molecular complexity index is 1040. The second kappa shape index (κ2) is 56.9. The number of aliphatic hydroxyl groups excluding tert-OH is 2. The lowest BCUT2D eigenvalue weighted by atomic mass is 10.0. The molecule has 0 aliphatic carbocycles. The van der Waals surface area contributed by atoms with Crippen molar-refractivity contribution in [1.82, 2.24) is 5.32 Å². The third-order valence-corrected chi connectivity index (χ3v) is 14.0. The number of allylic oxidation sites excluding steroid dienone is 3. The van der Waals surface area contributed by atoms with Crippen molar-refractivity contribution in [3.05, 3.63) is 24.3 Å². The van der Waals surface area contributed by atoms with Gasteiger partial charge in [0.2, 0.25) is 5.91 Å². The molecule has 0 rings (SSSR count). The van der Waals surface area contributed by atoms with E-state index < -0.39 is 12.1 Å². The third kappa shape index (κ3) is 53.5. The van der Waals surface area contributed by atoms with E-state index in [2.05, 4.69) is 31.3 Å². The van der Waals surface area contributed by atoms with Crippen molar-refractivity contribution in [2.45, 2.75) is 341 Å². The molecule has 0 heterocycles. The van der Waals surface area contributed by atoms with Crippen LogP contribution < -0.4 is 5.32 Å². The average Bonchev–Trinajstić information content (AvgIpc) is 3.33. The third-order valence-electron chi connectivity index (χ3n) is 14.0. The van der Waals surface area contributed by atoms with E-state index >= 15 is 0 Å². The number of aliphatic hydroxyl groups is 2. The first kappa shape index (κ1) is 65.3. The van der Waals surface area contributed by atoms with Crippen molar-refractivity contribution in [3.63, 3.8) is 0 Å². The van der Waals surface area contributed by atoms with Gasteiger partial charge in [-0.2, -0.15) is 0 Å². The van der Waals surface area contributed by atoms with E-state index in [1.54, 1.807) is 6.08 Å². The normalized spacial score (nSPS) is 12.7. The maximum atomic E-state index is 12.5. The van der Waals surface area contributed by atoms with Crippen LogP contribution in [0.15, 0.2) is 24.3 Å². The Kier molecular flexibility index (Phi) is 55.5. The van der Waals surface area contributed by atoms with Crippen LogP contribution in [0.4, 0.5) is 0 Å². The summed E-state index contributed by atoms with van der Waals surface area (Å²) in [7, 11) is 0. The summed E-state index contributed by atoms with van der Waals surface area (Å²) in [6.45, 7) is 4.84. The number of carbonyl (C=O) groups is 2. The maximum absolute atomic E-state index is 12.5. The monoisotopic (exact) mass is 944 g/mol. The predicted octanol–water partition coefficient (Wildman–Crippen LogP) is 18.6. The molecule has 0 saturated heterocycles. The largest absolute Gasteiger partial charge is 0.466 e. The first-order valence-electron chi connectivity index (χ1n) is 30.1. The van der Waals surface area contributed by atoms with Crippen LogP contribution in [0.2, 0.25) is 0 Å². The molecule has 0 spiro atoms. The molecule has 0 radical (unpaired) electrons. The Morgan fingerprint density at radius 2 is 0.716 bits per heavy atom. The number of rotatable bonds is 56. The fourth-order valence-corrected chi connectivity index (χ4v) is 9.35. The first-order chi connectivity index (χ1) is 33.0. The van der Waals surface area contributed by atoms with Gasteiger partial charge in [0.1, 0.15) is 0 Å². The number of hydrogen-bond acceptors (Lipinski definition) is 5. The lowest BCUT2D eigenvalue weighted by molar-refractivity contribution is -0.143. The van der Waals surface area contributed by atoms with Crippen molar-refractivity contribution >= 4 is 11.9 Å². The molecule has 0 aromatic rings. The summed E-state index contributed by atoms with van der Waals surface area (Å²) in [5.74, 6) is -0.157. The van der Waals surface area contributed by atoms with Crippen molar-refractivity contribution in [2.24, 2.45) is 0 Å². The molecule has 0 aromatic carbocycles. The highest BCUT2D eigenvalue weighted by molar-refractivity contribution is 5.76. The maximum Gasteiger partial charge on any atom is 0.305 e. The molecule has 3 N–H and O–H groups in total. The topological polar surface area (TPSA) is 95.9 Å². The van der Waals surface area contributed by atoms with E-state index in [4.69, 9.17) is 4.74 Å². The first-order valence-corrected chi connectivity index (χ1v) is 30.1. The zero-order valence-corrected chi connectivity index (χ0v) is 45.1. The van der Waals surface area contributed by atoms with Crippen LogP contribution in [-0.4, -0.2) is 47.4 Å². The fourth-order valence-electron chi connectivity index (χ4n) is 9.35. The minimum Gasteiger partial charge on any atom is -0.466 e. The highest BCUT2D eigenvalue weighted by Gasteiger charge is 2.18. The summed E-state index contributed by atoms with van der Waals surface area (Å²) in [6.07, 6.45) is 69.3. The number of esters is 1. The van der Waals surface area contributed by atoms with Gasteiger partial charge in [0, 0.05) is 12.8 Å². The van der Waals surface area contributed by atoms with E-state index in [9.17, 15) is 19.8 Å². The zero-order valence-electron chi connectivity index (χ0n) is 45.1. The van der Waals surface area contributed by atoms with Gasteiger partial charge in [-0.1, -0.05) is 289 Å². The second-order valence-corrected chi connectivity index (χ2v) is 20.7. The minimum absolute atomic E-state index is 0.0328. The SMILES string of the molecule is CCCCCCCCCCCCCCCCCCCCCCC/C=C/C(O)C(CO)NC(=O)CCC/C=C\CCCCCCOC(=O)CCCCCCCCCCCCCCCCCCCC. The molecule has 0 aliphatic rings. The lowest BCUT2D eigenvalue weighted by Crippen LogP contribution is -2.45. The van der Waals surface area contributed by atoms with E-state index in [0.717, 1.165) is 70.6 Å². The fraction of sp³-hybridized carbons (Fsp3) is 0.902. The molecule has 2 unspecified atom stereocenters. The van der Waals surface area contributed by atoms with Crippen LogP contribution in [0, 0.1) is 0 Å². The molecule has 0 fully saturated rings. The molecule has 396 valence electrons. The Balaban J connectivity index is 3.53. The van der Waals surface area contributed by atoms with Gasteiger partial charge in [-0.15, -0.1) is 0 Å². The van der Waals surface area contributed by atoms with E-state index in [0.29, 0.717) is 19.4 Å². The Morgan fingerprint density at radius 3 is 1.09 bits per heavy atom. The highest BCUT2D eigenvalue weighted by Crippen LogP contribution is 2.17. The molecule has 1 amide bonds. The van der Waals surface area contributed by atoms with E-state index in [1.807, 2.05) is 6.08 Å². The molecule has 0 aromatic heterocycles. The Labute approximate surface area is 418 Å². The summed E-state index contributed by atoms with van der Waals surface area (Å²) in [6, 6.07) is -0.666. The van der Waals surface area contributed by atoms with Gasteiger partial charge in [0.25, 0.3) is 0 Å². The van der Waals surface area contributed by atoms with Gasteiger partial charge in [-0.3, -0.25) is 9.59 Å². The summed E-state index contributed by atoms with van der Waals surface area (Å²) < 4.78 is 5.46. The van der Waals surface area contributed by atoms with E-state index in [1.165, 1.54) is 231 Å². The van der Waals surface area contributed by atoms with Crippen LogP contribution in [-0.2, 0) is 14.3 Å². The summed E-state index contributed by atoms with van der Waals surface area (Å²) in [5.41, 5.74) is 0. The summed E-state index contributed by atoms with van der Waals surface area (Å²) in [4.78, 5) is 24.6. The van der Waals surface area contributed by atoms with Crippen molar-refractivity contribution in [3.8, 4) is 0 Å². The smallest absolute Gasteiger partial charge is 0.305 e. The van der Waals surface area contributed by atoms with Crippen molar-refractivity contribution < 1.29 is 24.5 Å². The Hall–Kier alpha value is -1.66. The highest BCUT2D eigenvalue weighted by atomic mass is 16.5. The van der Waals surface area contributed by atoms with Gasteiger partial charge < -0.3 is 20.3 Å². The molecular weight excluding hydrogens is 827 g/mol.